The zero-order valence-corrected chi connectivity index (χ0v) is 14.3. The van der Waals surface area contributed by atoms with Crippen LogP contribution < -0.4 is 4.90 Å². The van der Waals surface area contributed by atoms with E-state index in [-0.39, 0.29) is 0 Å². The van der Waals surface area contributed by atoms with Gasteiger partial charge in [0.1, 0.15) is 5.69 Å². The van der Waals surface area contributed by atoms with Crippen molar-refractivity contribution in [3.8, 4) is 11.3 Å². The van der Waals surface area contributed by atoms with Crippen LogP contribution in [0.25, 0.3) is 11.3 Å². The van der Waals surface area contributed by atoms with E-state index in [4.69, 9.17) is 4.52 Å². The van der Waals surface area contributed by atoms with Crippen molar-refractivity contribution in [1.82, 2.24) is 14.9 Å². The van der Waals surface area contributed by atoms with Gasteiger partial charge in [0.15, 0.2) is 5.76 Å². The highest BCUT2D eigenvalue weighted by molar-refractivity contribution is 5.61. The third kappa shape index (κ3) is 2.99. The van der Waals surface area contributed by atoms with Crippen molar-refractivity contribution in [3.63, 3.8) is 0 Å². The van der Waals surface area contributed by atoms with Crippen molar-refractivity contribution in [1.29, 1.82) is 0 Å². The number of hydrogen-bond acceptors (Lipinski definition) is 4. The lowest BCUT2D eigenvalue weighted by Gasteiger charge is -2.20. The summed E-state index contributed by atoms with van der Waals surface area (Å²) in [6, 6.07) is 8.46. The van der Waals surface area contributed by atoms with Gasteiger partial charge in [-0.15, -0.1) is 0 Å². The molecule has 2 aromatic heterocycles. The van der Waals surface area contributed by atoms with E-state index in [1.807, 2.05) is 30.9 Å². The van der Waals surface area contributed by atoms with Gasteiger partial charge in [-0.2, -0.15) is 5.10 Å². The van der Waals surface area contributed by atoms with Crippen LogP contribution in [0.2, 0.25) is 0 Å². The smallest absolute Gasteiger partial charge is 0.156 e. The van der Waals surface area contributed by atoms with E-state index in [9.17, 15) is 0 Å². The summed E-state index contributed by atoms with van der Waals surface area (Å²) in [5, 5.41) is 8.44. The highest BCUT2D eigenvalue weighted by Crippen LogP contribution is 2.25. The number of benzene rings is 1. The molecular formula is C18H22N4O. The Bertz CT molecular complexity index is 831. The molecule has 2 heterocycles. The fourth-order valence-corrected chi connectivity index (χ4v) is 2.82. The number of anilines is 1. The normalized spacial score (nSPS) is 11.0. The van der Waals surface area contributed by atoms with Gasteiger partial charge in [0.25, 0.3) is 0 Å². The molecule has 0 fully saturated rings. The van der Waals surface area contributed by atoms with Gasteiger partial charge in [0.2, 0.25) is 0 Å². The molecule has 0 radical (unpaired) electrons. The first-order valence-corrected chi connectivity index (χ1v) is 7.68. The average Bonchev–Trinajstić information content (AvgIpc) is 3.07. The van der Waals surface area contributed by atoms with Crippen molar-refractivity contribution >= 4 is 5.69 Å². The Kier molecular flexibility index (Phi) is 3.94. The number of nitrogens with zero attached hydrogens (tertiary/aromatic N) is 4. The largest absolute Gasteiger partial charge is 0.367 e. The molecule has 5 heteroatoms. The third-order valence-corrected chi connectivity index (χ3v) is 4.23. The fraction of sp³-hybridized carbons (Fsp3) is 0.333. The highest BCUT2D eigenvalue weighted by atomic mass is 16.5. The molecule has 0 atom stereocenters. The molecule has 0 saturated carbocycles. The maximum Gasteiger partial charge on any atom is 0.156 e. The molecule has 5 nitrogen and oxygen atoms in total. The maximum atomic E-state index is 5.51. The minimum Gasteiger partial charge on any atom is -0.367 e. The summed E-state index contributed by atoms with van der Waals surface area (Å²) < 4.78 is 7.35. The number of rotatable bonds is 4. The maximum absolute atomic E-state index is 5.51. The molecule has 0 aliphatic carbocycles. The molecule has 0 N–H and O–H groups in total. The molecule has 0 aliphatic rings. The van der Waals surface area contributed by atoms with Crippen LogP contribution in [0.4, 0.5) is 5.69 Å². The molecule has 120 valence electrons. The summed E-state index contributed by atoms with van der Waals surface area (Å²) in [4.78, 5) is 2.18. The number of hydrogen-bond donors (Lipinski definition) is 0. The molecular weight excluding hydrogens is 288 g/mol. The monoisotopic (exact) mass is 310 g/mol. The van der Waals surface area contributed by atoms with Crippen molar-refractivity contribution < 1.29 is 4.52 Å². The van der Waals surface area contributed by atoms with Gasteiger partial charge in [0, 0.05) is 37.1 Å². The van der Waals surface area contributed by atoms with E-state index < -0.39 is 0 Å². The van der Waals surface area contributed by atoms with E-state index in [2.05, 4.69) is 54.2 Å². The molecule has 0 aliphatic heterocycles. The van der Waals surface area contributed by atoms with Gasteiger partial charge in [-0.3, -0.25) is 4.68 Å². The first-order valence-electron chi connectivity index (χ1n) is 7.68. The second-order valence-corrected chi connectivity index (χ2v) is 6.09. The minimum atomic E-state index is 0.677. The predicted molar refractivity (Wildman–Crippen MR) is 91.5 cm³/mol. The molecule has 0 amide bonds. The van der Waals surface area contributed by atoms with E-state index in [1.54, 1.807) is 0 Å². The lowest BCUT2D eigenvalue weighted by Crippen LogP contribution is -2.17. The van der Waals surface area contributed by atoms with Gasteiger partial charge in [-0.05, 0) is 32.4 Å². The van der Waals surface area contributed by atoms with E-state index in [1.165, 1.54) is 16.8 Å². The topological polar surface area (TPSA) is 47.1 Å². The van der Waals surface area contributed by atoms with Crippen LogP contribution >= 0.6 is 0 Å². The Labute approximate surface area is 136 Å². The number of aromatic nitrogens is 3. The average molecular weight is 310 g/mol. The first kappa shape index (κ1) is 15.3. The Hall–Kier alpha value is -2.56. The van der Waals surface area contributed by atoms with E-state index in [0.29, 0.717) is 6.54 Å². The Morgan fingerprint density at radius 3 is 2.61 bits per heavy atom. The first-order chi connectivity index (χ1) is 11.0. The van der Waals surface area contributed by atoms with Crippen LogP contribution in [0.15, 0.2) is 35.0 Å². The molecule has 0 bridgehead atoms. The Morgan fingerprint density at radius 2 is 1.96 bits per heavy atom. The van der Waals surface area contributed by atoms with Gasteiger partial charge in [-0.1, -0.05) is 22.9 Å². The van der Waals surface area contributed by atoms with Gasteiger partial charge >= 0.3 is 0 Å². The van der Waals surface area contributed by atoms with E-state index in [0.717, 1.165) is 22.7 Å². The van der Waals surface area contributed by atoms with Crippen LogP contribution in [0, 0.1) is 20.8 Å². The van der Waals surface area contributed by atoms with Gasteiger partial charge in [-0.25, -0.2) is 0 Å². The summed E-state index contributed by atoms with van der Waals surface area (Å²) in [6.07, 6.45) is 1.82. The number of aryl methyl sites for hydroxylation is 3. The third-order valence-electron chi connectivity index (χ3n) is 4.23. The molecule has 3 rings (SSSR count). The van der Waals surface area contributed by atoms with E-state index >= 15 is 0 Å². The molecule has 3 aromatic rings. The molecule has 0 unspecified atom stereocenters. The minimum absolute atomic E-state index is 0.677. The Morgan fingerprint density at radius 1 is 1.17 bits per heavy atom. The second kappa shape index (κ2) is 5.91. The van der Waals surface area contributed by atoms with Crippen molar-refractivity contribution in [2.75, 3.05) is 11.9 Å². The SMILES string of the molecule is Cc1ccc(N(C)Cc2cc(-c3cnn(C)c3C)no2)c(C)c1. The molecule has 23 heavy (non-hydrogen) atoms. The van der Waals surface area contributed by atoms with Crippen LogP contribution in [0.3, 0.4) is 0 Å². The highest BCUT2D eigenvalue weighted by Gasteiger charge is 2.14. The zero-order valence-electron chi connectivity index (χ0n) is 14.3. The van der Waals surface area contributed by atoms with Crippen LogP contribution in [0.1, 0.15) is 22.6 Å². The molecule has 1 aromatic carbocycles. The molecule has 0 saturated heterocycles. The van der Waals surface area contributed by atoms with Crippen LogP contribution in [0.5, 0.6) is 0 Å². The lowest BCUT2D eigenvalue weighted by molar-refractivity contribution is 0.385. The predicted octanol–water partition coefficient (Wildman–Crippen LogP) is 3.64. The standard InChI is InChI=1S/C18H22N4O/c1-12-6-7-18(13(2)8-12)21(4)11-15-9-17(20-23-15)16-10-19-22(5)14(16)3/h6-10H,11H2,1-5H3. The summed E-state index contributed by atoms with van der Waals surface area (Å²) in [7, 11) is 3.99. The van der Waals surface area contributed by atoms with Crippen molar-refractivity contribution in [2.45, 2.75) is 27.3 Å². The second-order valence-electron chi connectivity index (χ2n) is 6.09. The fourth-order valence-electron chi connectivity index (χ4n) is 2.82. The van der Waals surface area contributed by atoms with Crippen molar-refractivity contribution in [3.05, 3.63) is 53.0 Å². The van der Waals surface area contributed by atoms with Crippen LogP contribution in [-0.2, 0) is 13.6 Å². The molecule has 0 spiro atoms. The summed E-state index contributed by atoms with van der Waals surface area (Å²) in [5.74, 6) is 0.839. The van der Waals surface area contributed by atoms with Gasteiger partial charge < -0.3 is 9.42 Å². The van der Waals surface area contributed by atoms with Gasteiger partial charge in [0.05, 0.1) is 12.7 Å². The zero-order chi connectivity index (χ0) is 16.6. The Balaban J connectivity index is 1.80. The summed E-state index contributed by atoms with van der Waals surface area (Å²) in [5.41, 5.74) is 6.65. The van der Waals surface area contributed by atoms with Crippen LogP contribution in [-0.4, -0.2) is 22.0 Å². The summed E-state index contributed by atoms with van der Waals surface area (Å²) in [6.45, 7) is 6.94. The van der Waals surface area contributed by atoms with Crippen molar-refractivity contribution in [2.24, 2.45) is 7.05 Å². The quantitative estimate of drug-likeness (QED) is 0.738. The lowest BCUT2D eigenvalue weighted by atomic mass is 10.1. The summed E-state index contributed by atoms with van der Waals surface area (Å²) >= 11 is 0.